The first-order valence-electron chi connectivity index (χ1n) is 6.33. The molecule has 0 aromatic rings. The van der Waals surface area contributed by atoms with Crippen LogP contribution in [0.3, 0.4) is 0 Å². The summed E-state index contributed by atoms with van der Waals surface area (Å²) in [7, 11) is 0. The van der Waals surface area contributed by atoms with Gasteiger partial charge in [0.05, 0.1) is 0 Å². The van der Waals surface area contributed by atoms with Gasteiger partial charge in [0.1, 0.15) is 0 Å². The van der Waals surface area contributed by atoms with E-state index in [-0.39, 0.29) is 0 Å². The molecular formula is C13H30. The molecule has 0 nitrogen and oxygen atoms in total. The van der Waals surface area contributed by atoms with E-state index in [1.165, 1.54) is 57.8 Å². The summed E-state index contributed by atoms with van der Waals surface area (Å²) in [6.45, 7) is 8.79. The van der Waals surface area contributed by atoms with Gasteiger partial charge in [-0.25, -0.2) is 0 Å². The van der Waals surface area contributed by atoms with Crippen LogP contribution in [0.25, 0.3) is 0 Å². The van der Waals surface area contributed by atoms with Crippen LogP contribution in [0.1, 0.15) is 85.5 Å². The minimum Gasteiger partial charge on any atom is -0.0656 e. The highest BCUT2D eigenvalue weighted by molar-refractivity contribution is 4.43. The molecule has 0 atom stereocenters. The Bertz CT molecular complexity index is 49.1. The van der Waals surface area contributed by atoms with Gasteiger partial charge in [-0.3, -0.25) is 0 Å². The van der Waals surface area contributed by atoms with Gasteiger partial charge >= 0.3 is 0 Å². The summed E-state index contributed by atoms with van der Waals surface area (Å²) in [5.41, 5.74) is 0. The van der Waals surface area contributed by atoms with Crippen molar-refractivity contribution in [3.05, 3.63) is 0 Å². The fraction of sp³-hybridized carbons (Fsp3) is 1.00. The van der Waals surface area contributed by atoms with Crippen molar-refractivity contribution in [2.24, 2.45) is 0 Å². The van der Waals surface area contributed by atoms with Crippen LogP contribution in [0.5, 0.6) is 0 Å². The molecule has 0 rings (SSSR count). The first-order valence-corrected chi connectivity index (χ1v) is 6.33. The summed E-state index contributed by atoms with van der Waals surface area (Å²) in [5, 5.41) is 0. The number of hydrogen-bond donors (Lipinski definition) is 0. The average molecular weight is 186 g/mol. The maximum Gasteiger partial charge on any atom is -0.0533 e. The highest BCUT2D eigenvalue weighted by atomic mass is 13.9. The van der Waals surface area contributed by atoms with Crippen molar-refractivity contribution < 1.29 is 0 Å². The van der Waals surface area contributed by atoms with Crippen LogP contribution in [-0.4, -0.2) is 0 Å². The Hall–Kier alpha value is 0. The summed E-state index contributed by atoms with van der Waals surface area (Å²) in [4.78, 5) is 0. The Morgan fingerprint density at radius 2 is 0.692 bits per heavy atom. The van der Waals surface area contributed by atoms with Gasteiger partial charge in [-0.15, -0.1) is 0 Å². The van der Waals surface area contributed by atoms with Crippen molar-refractivity contribution in [1.82, 2.24) is 0 Å². The van der Waals surface area contributed by atoms with Crippen LogP contribution in [0.15, 0.2) is 0 Å². The van der Waals surface area contributed by atoms with E-state index in [2.05, 4.69) is 27.7 Å². The zero-order valence-corrected chi connectivity index (χ0v) is 10.4. The molecule has 0 unspecified atom stereocenters. The molecular weight excluding hydrogens is 156 g/mol. The van der Waals surface area contributed by atoms with E-state index in [0.29, 0.717) is 0 Å². The van der Waals surface area contributed by atoms with Gasteiger partial charge < -0.3 is 0 Å². The van der Waals surface area contributed by atoms with Gasteiger partial charge in [0.2, 0.25) is 0 Å². The van der Waals surface area contributed by atoms with Gasteiger partial charge in [-0.05, 0) is 0 Å². The molecule has 0 aromatic heterocycles. The largest absolute Gasteiger partial charge is 0.0656 e. The SMILES string of the molecule is CCC.CCCCCCCCCC. The predicted molar refractivity (Wildman–Crippen MR) is 64.2 cm³/mol. The maximum atomic E-state index is 2.27. The highest BCUT2D eigenvalue weighted by Crippen LogP contribution is 2.07. The molecule has 0 aliphatic heterocycles. The van der Waals surface area contributed by atoms with Crippen LogP contribution in [0, 0.1) is 0 Å². The lowest BCUT2D eigenvalue weighted by Gasteiger charge is -1.97. The molecule has 0 saturated carbocycles. The topological polar surface area (TPSA) is 0 Å². The molecule has 0 fully saturated rings. The molecule has 0 saturated heterocycles. The third kappa shape index (κ3) is 24.5. The minimum atomic E-state index is 1.25. The molecule has 13 heavy (non-hydrogen) atoms. The Balaban J connectivity index is 0. The second kappa shape index (κ2) is 17.9. The lowest BCUT2D eigenvalue weighted by Crippen LogP contribution is -1.77. The maximum absolute atomic E-state index is 2.27. The van der Waals surface area contributed by atoms with E-state index in [0.717, 1.165) is 0 Å². The lowest BCUT2D eigenvalue weighted by atomic mass is 10.1. The van der Waals surface area contributed by atoms with Gasteiger partial charge in [0.15, 0.2) is 0 Å². The van der Waals surface area contributed by atoms with Crippen LogP contribution < -0.4 is 0 Å². The predicted octanol–water partition coefficient (Wildman–Crippen LogP) is 5.56. The van der Waals surface area contributed by atoms with Crippen molar-refractivity contribution in [3.8, 4) is 0 Å². The molecule has 0 aromatic carbocycles. The Kier molecular flexibility index (Phi) is 21.3. The van der Waals surface area contributed by atoms with E-state index in [4.69, 9.17) is 0 Å². The van der Waals surface area contributed by atoms with E-state index in [9.17, 15) is 0 Å². The third-order valence-electron chi connectivity index (χ3n) is 1.96. The molecule has 0 heteroatoms. The monoisotopic (exact) mass is 186 g/mol. The van der Waals surface area contributed by atoms with Crippen molar-refractivity contribution in [2.75, 3.05) is 0 Å². The number of unbranched alkanes of at least 4 members (excludes halogenated alkanes) is 7. The van der Waals surface area contributed by atoms with Gasteiger partial charge in [-0.1, -0.05) is 85.5 Å². The molecule has 0 spiro atoms. The summed E-state index contributed by atoms with van der Waals surface area (Å²) in [5.74, 6) is 0. The number of rotatable bonds is 7. The lowest BCUT2D eigenvalue weighted by molar-refractivity contribution is 0.585. The molecule has 0 aliphatic rings. The summed E-state index contributed by atoms with van der Waals surface area (Å²) < 4.78 is 0. The van der Waals surface area contributed by atoms with E-state index < -0.39 is 0 Å². The normalized spacial score (nSPS) is 9.23. The molecule has 0 radical (unpaired) electrons. The van der Waals surface area contributed by atoms with E-state index in [1.54, 1.807) is 0 Å². The first-order chi connectivity index (χ1) is 6.33. The smallest absolute Gasteiger partial charge is 0.0533 e. The van der Waals surface area contributed by atoms with Gasteiger partial charge in [-0.2, -0.15) is 0 Å². The first kappa shape index (κ1) is 15.5. The standard InChI is InChI=1S/C10H22.C3H8/c1-3-5-7-9-10-8-6-4-2;1-3-2/h3-10H2,1-2H3;3H2,1-2H3. The van der Waals surface area contributed by atoms with Crippen molar-refractivity contribution in [1.29, 1.82) is 0 Å². The van der Waals surface area contributed by atoms with Crippen LogP contribution in [-0.2, 0) is 0 Å². The third-order valence-corrected chi connectivity index (χ3v) is 1.96. The van der Waals surface area contributed by atoms with Gasteiger partial charge in [0, 0.05) is 0 Å². The van der Waals surface area contributed by atoms with Crippen LogP contribution in [0.4, 0.5) is 0 Å². The second-order valence-electron chi connectivity index (χ2n) is 3.83. The van der Waals surface area contributed by atoms with Crippen LogP contribution >= 0.6 is 0 Å². The number of hydrogen-bond acceptors (Lipinski definition) is 0. The average Bonchev–Trinajstić information content (AvgIpc) is 2.13. The highest BCUT2D eigenvalue weighted by Gasteiger charge is 1.87. The summed E-state index contributed by atoms with van der Waals surface area (Å²) in [6, 6.07) is 0. The molecule has 82 valence electrons. The summed E-state index contributed by atoms with van der Waals surface area (Å²) >= 11 is 0. The quantitative estimate of drug-likeness (QED) is 0.456. The molecule has 0 heterocycles. The molecule has 0 aliphatic carbocycles. The zero-order chi connectivity index (χ0) is 10.4. The van der Waals surface area contributed by atoms with Crippen molar-refractivity contribution in [3.63, 3.8) is 0 Å². The van der Waals surface area contributed by atoms with Crippen molar-refractivity contribution in [2.45, 2.75) is 85.5 Å². The Labute approximate surface area is 86.1 Å². The van der Waals surface area contributed by atoms with Crippen molar-refractivity contribution >= 4 is 0 Å². The second-order valence-corrected chi connectivity index (χ2v) is 3.83. The molecule has 0 N–H and O–H groups in total. The Morgan fingerprint density at radius 1 is 0.462 bits per heavy atom. The fourth-order valence-electron chi connectivity index (χ4n) is 1.21. The van der Waals surface area contributed by atoms with E-state index in [1.807, 2.05) is 0 Å². The minimum absolute atomic E-state index is 1.25. The molecule has 0 amide bonds. The van der Waals surface area contributed by atoms with Crippen LogP contribution in [0.2, 0.25) is 0 Å². The van der Waals surface area contributed by atoms with Gasteiger partial charge in [0.25, 0.3) is 0 Å². The zero-order valence-electron chi connectivity index (χ0n) is 10.4. The van der Waals surface area contributed by atoms with E-state index >= 15 is 0 Å². The summed E-state index contributed by atoms with van der Waals surface area (Å²) in [6.07, 6.45) is 12.7. The Morgan fingerprint density at radius 3 is 0.923 bits per heavy atom. The molecule has 0 bridgehead atoms. The fourth-order valence-corrected chi connectivity index (χ4v) is 1.21.